The summed E-state index contributed by atoms with van der Waals surface area (Å²) >= 11 is 4.25. The highest BCUT2D eigenvalue weighted by molar-refractivity contribution is 9.11. The third kappa shape index (κ3) is 1.84. The zero-order valence-electron chi connectivity index (χ0n) is 6.22. The second-order valence-electron chi connectivity index (χ2n) is 2.55. The molecule has 1 heterocycles. The lowest BCUT2D eigenvalue weighted by Gasteiger charge is -2.19. The summed E-state index contributed by atoms with van der Waals surface area (Å²) in [6.45, 7) is 1.11. The molecule has 0 aliphatic rings. The van der Waals surface area contributed by atoms with E-state index in [1.807, 2.05) is 0 Å². The number of thiophene rings is 1. The minimum absolute atomic E-state index is 0.268. The molecule has 1 nitrogen and oxygen atoms in total. The summed E-state index contributed by atoms with van der Waals surface area (Å²) in [4.78, 5) is 0.268. The molecule has 0 amide bonds. The van der Waals surface area contributed by atoms with Gasteiger partial charge in [-0.25, -0.2) is 8.78 Å². The Morgan fingerprint density at radius 2 is 2.17 bits per heavy atom. The first kappa shape index (κ1) is 10.1. The zero-order chi connectivity index (χ0) is 9.35. The third-order valence-corrected chi connectivity index (χ3v) is 3.35. The van der Waals surface area contributed by atoms with Crippen molar-refractivity contribution in [1.82, 2.24) is 0 Å². The Morgan fingerprint density at radius 1 is 1.58 bits per heavy atom. The molecule has 0 bridgehead atoms. The van der Waals surface area contributed by atoms with Crippen LogP contribution in [0, 0.1) is 0 Å². The lowest BCUT2D eigenvalue weighted by atomic mass is 10.1. The maximum atomic E-state index is 12.2. The maximum absolute atomic E-state index is 12.2. The van der Waals surface area contributed by atoms with E-state index >= 15 is 0 Å². The molecule has 0 spiro atoms. The van der Waals surface area contributed by atoms with Gasteiger partial charge in [0, 0.05) is 4.88 Å². The van der Waals surface area contributed by atoms with Crippen LogP contribution in [-0.2, 0) is 5.60 Å². The quantitative estimate of drug-likeness (QED) is 0.863. The van der Waals surface area contributed by atoms with Crippen molar-refractivity contribution in [2.75, 3.05) is 0 Å². The van der Waals surface area contributed by atoms with E-state index in [0.717, 1.165) is 22.0 Å². The van der Waals surface area contributed by atoms with Gasteiger partial charge in [-0.1, -0.05) is 0 Å². The highest BCUT2D eigenvalue weighted by Crippen LogP contribution is 2.34. The molecule has 1 aromatic heterocycles. The van der Waals surface area contributed by atoms with Crippen LogP contribution in [-0.4, -0.2) is 11.5 Å². The molecule has 0 fully saturated rings. The summed E-state index contributed by atoms with van der Waals surface area (Å²) in [5.74, 6) is 0. The Balaban J connectivity index is 2.97. The number of rotatable bonds is 2. The van der Waals surface area contributed by atoms with E-state index in [4.69, 9.17) is 0 Å². The van der Waals surface area contributed by atoms with Crippen LogP contribution in [0.15, 0.2) is 15.9 Å². The van der Waals surface area contributed by atoms with Gasteiger partial charge in [-0.15, -0.1) is 11.3 Å². The van der Waals surface area contributed by atoms with Gasteiger partial charge in [0.05, 0.1) is 3.79 Å². The molecule has 1 unspecified atom stereocenters. The van der Waals surface area contributed by atoms with Gasteiger partial charge in [0.2, 0.25) is 0 Å². The van der Waals surface area contributed by atoms with E-state index in [2.05, 4.69) is 15.9 Å². The van der Waals surface area contributed by atoms with Gasteiger partial charge in [-0.05, 0) is 35.0 Å². The average Bonchev–Trinajstić information content (AvgIpc) is 2.35. The first-order chi connectivity index (χ1) is 5.44. The van der Waals surface area contributed by atoms with Crippen LogP contribution >= 0.6 is 27.3 Å². The maximum Gasteiger partial charge on any atom is 0.271 e. The van der Waals surface area contributed by atoms with E-state index < -0.39 is 12.0 Å². The smallest absolute Gasteiger partial charge is 0.271 e. The second-order valence-corrected chi connectivity index (χ2v) is 5.01. The van der Waals surface area contributed by atoms with Gasteiger partial charge in [-0.2, -0.15) is 0 Å². The molecule has 0 saturated heterocycles. The molecule has 0 aliphatic carbocycles. The van der Waals surface area contributed by atoms with Crippen LogP contribution in [0.5, 0.6) is 0 Å². The van der Waals surface area contributed by atoms with E-state index in [0.29, 0.717) is 0 Å². The molecule has 1 rings (SSSR count). The van der Waals surface area contributed by atoms with Gasteiger partial charge >= 0.3 is 0 Å². The molecule has 1 N–H and O–H groups in total. The Hall–Kier alpha value is -0.0000000000000000833. The van der Waals surface area contributed by atoms with Crippen molar-refractivity contribution in [3.05, 3.63) is 20.8 Å². The van der Waals surface area contributed by atoms with Crippen LogP contribution in [0.1, 0.15) is 11.8 Å². The van der Waals surface area contributed by atoms with Gasteiger partial charge in [-0.3, -0.25) is 0 Å². The largest absolute Gasteiger partial charge is 0.379 e. The summed E-state index contributed by atoms with van der Waals surface area (Å²) in [5, 5.41) is 9.32. The molecule has 5 heteroatoms. The monoisotopic (exact) mass is 256 g/mol. The average molecular weight is 257 g/mol. The van der Waals surface area contributed by atoms with Crippen molar-refractivity contribution in [1.29, 1.82) is 0 Å². The number of halogens is 3. The third-order valence-electron chi connectivity index (χ3n) is 1.50. The molecule has 0 saturated carbocycles. The van der Waals surface area contributed by atoms with Crippen LogP contribution in [0.2, 0.25) is 0 Å². The molecule has 68 valence electrons. The van der Waals surface area contributed by atoms with Crippen molar-refractivity contribution in [3.63, 3.8) is 0 Å². The fourth-order valence-corrected chi connectivity index (χ4v) is 2.13. The summed E-state index contributed by atoms with van der Waals surface area (Å²) in [5.41, 5.74) is -2.03. The summed E-state index contributed by atoms with van der Waals surface area (Å²) in [6, 6.07) is 3.12. The van der Waals surface area contributed by atoms with Crippen molar-refractivity contribution < 1.29 is 13.9 Å². The first-order valence-electron chi connectivity index (χ1n) is 3.21. The molecular weight excluding hydrogens is 250 g/mol. The fraction of sp³-hybridized carbons (Fsp3) is 0.429. The van der Waals surface area contributed by atoms with Gasteiger partial charge < -0.3 is 5.11 Å². The van der Waals surface area contributed by atoms with Crippen LogP contribution in [0.25, 0.3) is 0 Å². The molecule has 0 radical (unpaired) electrons. The standard InChI is InChI=1S/C7H7BrF2OS/c1-7(11,6(9)10)4-2-3-5(8)12-4/h2-3,6,11H,1H3. The van der Waals surface area contributed by atoms with Crippen molar-refractivity contribution in [2.45, 2.75) is 19.0 Å². The van der Waals surface area contributed by atoms with Gasteiger partial charge in [0.1, 0.15) is 0 Å². The van der Waals surface area contributed by atoms with Crippen LogP contribution in [0.3, 0.4) is 0 Å². The Morgan fingerprint density at radius 3 is 2.50 bits per heavy atom. The number of aliphatic hydroxyl groups is 1. The predicted octanol–water partition coefficient (Wildman–Crippen LogP) is 2.98. The number of hydrogen-bond donors (Lipinski definition) is 1. The normalized spacial score (nSPS) is 16.5. The van der Waals surface area contributed by atoms with E-state index in [1.165, 1.54) is 6.07 Å². The predicted molar refractivity (Wildman–Crippen MR) is 47.6 cm³/mol. The zero-order valence-corrected chi connectivity index (χ0v) is 8.62. The van der Waals surface area contributed by atoms with Crippen LogP contribution < -0.4 is 0 Å². The van der Waals surface area contributed by atoms with Gasteiger partial charge in [0.25, 0.3) is 6.43 Å². The number of hydrogen-bond acceptors (Lipinski definition) is 2. The van der Waals surface area contributed by atoms with E-state index in [-0.39, 0.29) is 4.88 Å². The molecular formula is C7H7BrF2OS. The van der Waals surface area contributed by atoms with E-state index in [9.17, 15) is 13.9 Å². The highest BCUT2D eigenvalue weighted by atomic mass is 79.9. The SMILES string of the molecule is CC(O)(c1ccc(Br)s1)C(F)F. The Labute approximate surface area is 81.2 Å². The minimum Gasteiger partial charge on any atom is -0.379 e. The van der Waals surface area contributed by atoms with E-state index in [1.54, 1.807) is 6.07 Å². The van der Waals surface area contributed by atoms with Crippen molar-refractivity contribution in [3.8, 4) is 0 Å². The van der Waals surface area contributed by atoms with Crippen molar-refractivity contribution in [2.24, 2.45) is 0 Å². The summed E-state index contributed by atoms with van der Waals surface area (Å²) < 4.78 is 25.2. The highest BCUT2D eigenvalue weighted by Gasteiger charge is 2.35. The second kappa shape index (κ2) is 3.40. The molecule has 0 aromatic carbocycles. The molecule has 12 heavy (non-hydrogen) atoms. The Bertz CT molecular complexity index is 272. The first-order valence-corrected chi connectivity index (χ1v) is 4.82. The molecule has 0 aliphatic heterocycles. The van der Waals surface area contributed by atoms with Crippen LogP contribution in [0.4, 0.5) is 8.78 Å². The fourth-order valence-electron chi connectivity index (χ4n) is 0.694. The minimum atomic E-state index is -2.76. The lowest BCUT2D eigenvalue weighted by molar-refractivity contribution is -0.0858. The van der Waals surface area contributed by atoms with Crippen molar-refractivity contribution >= 4 is 27.3 Å². The summed E-state index contributed by atoms with van der Waals surface area (Å²) in [6.07, 6.45) is -2.76. The topological polar surface area (TPSA) is 20.2 Å². The molecule has 1 aromatic rings. The lowest BCUT2D eigenvalue weighted by Crippen LogP contribution is -2.29. The Kier molecular flexibility index (Phi) is 2.85. The number of alkyl halides is 2. The molecule has 1 atom stereocenters. The van der Waals surface area contributed by atoms with Gasteiger partial charge in [0.15, 0.2) is 5.60 Å². The summed E-state index contributed by atoms with van der Waals surface area (Å²) in [7, 11) is 0.